The Hall–Kier alpha value is -2.90. The quantitative estimate of drug-likeness (QED) is 0.609. The lowest BCUT2D eigenvalue weighted by atomic mass is 9.81. The van der Waals surface area contributed by atoms with Crippen molar-refractivity contribution in [2.24, 2.45) is 5.92 Å². The minimum atomic E-state index is -3.59. The summed E-state index contributed by atoms with van der Waals surface area (Å²) in [5.74, 6) is 0.850. The van der Waals surface area contributed by atoms with Crippen LogP contribution in [0.3, 0.4) is 0 Å². The summed E-state index contributed by atoms with van der Waals surface area (Å²) in [6.07, 6.45) is 0.881. The summed E-state index contributed by atoms with van der Waals surface area (Å²) in [7, 11) is -1.96. The average molecular weight is 451 g/mol. The van der Waals surface area contributed by atoms with Gasteiger partial charge in [-0.15, -0.1) is 0 Å². The molecule has 1 fully saturated rings. The number of ether oxygens (including phenoxy) is 1. The van der Waals surface area contributed by atoms with Crippen molar-refractivity contribution in [2.75, 3.05) is 20.2 Å². The Morgan fingerprint density at radius 1 is 0.906 bits per heavy atom. The molecule has 0 aliphatic carbocycles. The molecule has 3 heterocycles. The number of aryl methyl sites for hydroxylation is 1. The van der Waals surface area contributed by atoms with Crippen LogP contribution in [0.5, 0.6) is 5.75 Å². The molecule has 2 bridgehead atoms. The van der Waals surface area contributed by atoms with Gasteiger partial charge in [-0.2, -0.15) is 4.31 Å². The molecule has 0 spiro atoms. The molecule has 5 rings (SSSR count). The molecule has 0 amide bonds. The lowest BCUT2D eigenvalue weighted by Crippen LogP contribution is -2.49. The first-order valence-corrected chi connectivity index (χ1v) is 12.3. The van der Waals surface area contributed by atoms with Crippen molar-refractivity contribution < 1.29 is 13.2 Å². The van der Waals surface area contributed by atoms with Crippen molar-refractivity contribution in [1.82, 2.24) is 8.87 Å². The fourth-order valence-corrected chi connectivity index (χ4v) is 6.60. The monoisotopic (exact) mass is 450 g/mol. The van der Waals surface area contributed by atoms with Crippen molar-refractivity contribution in [3.05, 3.63) is 82.3 Å². The second kappa shape index (κ2) is 7.90. The maximum Gasteiger partial charge on any atom is 0.250 e. The van der Waals surface area contributed by atoms with Gasteiger partial charge in [0.15, 0.2) is 0 Å². The van der Waals surface area contributed by atoms with Crippen molar-refractivity contribution in [1.29, 1.82) is 0 Å². The number of pyridine rings is 1. The van der Waals surface area contributed by atoms with Crippen LogP contribution >= 0.6 is 0 Å². The molecule has 7 heteroatoms. The van der Waals surface area contributed by atoms with Gasteiger partial charge in [0.1, 0.15) is 5.75 Å². The summed E-state index contributed by atoms with van der Waals surface area (Å²) in [6.45, 7) is 3.29. The molecule has 2 atom stereocenters. The predicted octanol–water partition coefficient (Wildman–Crippen LogP) is 3.64. The first-order valence-electron chi connectivity index (χ1n) is 10.8. The van der Waals surface area contributed by atoms with E-state index >= 15 is 0 Å². The molecule has 0 N–H and O–H groups in total. The zero-order chi connectivity index (χ0) is 22.5. The number of sulfonamides is 1. The maximum absolute atomic E-state index is 13.4. The molecular formula is C25H26N2O4S. The van der Waals surface area contributed by atoms with Gasteiger partial charge < -0.3 is 9.30 Å². The van der Waals surface area contributed by atoms with Crippen molar-refractivity contribution in [3.63, 3.8) is 0 Å². The van der Waals surface area contributed by atoms with Crippen LogP contribution in [-0.2, 0) is 16.6 Å². The zero-order valence-corrected chi connectivity index (χ0v) is 19.0. The second-order valence-corrected chi connectivity index (χ2v) is 10.7. The highest BCUT2D eigenvalue weighted by molar-refractivity contribution is 7.89. The molecular weight excluding hydrogens is 424 g/mol. The third-order valence-electron chi connectivity index (χ3n) is 6.62. The molecule has 1 aromatic heterocycles. The van der Waals surface area contributed by atoms with Gasteiger partial charge in [0.2, 0.25) is 10.0 Å². The highest BCUT2D eigenvalue weighted by Crippen LogP contribution is 2.41. The Labute approximate surface area is 188 Å². The Balaban J connectivity index is 1.55. The lowest BCUT2D eigenvalue weighted by Gasteiger charge is -2.42. The molecule has 2 unspecified atom stereocenters. The van der Waals surface area contributed by atoms with Crippen LogP contribution in [0.25, 0.3) is 11.1 Å². The van der Waals surface area contributed by atoms with Gasteiger partial charge in [0.25, 0.3) is 5.56 Å². The summed E-state index contributed by atoms with van der Waals surface area (Å²) < 4.78 is 35.5. The fourth-order valence-electron chi connectivity index (χ4n) is 5.04. The molecule has 3 aromatic rings. The molecule has 0 radical (unpaired) electrons. The smallest absolute Gasteiger partial charge is 0.250 e. The van der Waals surface area contributed by atoms with Crippen LogP contribution in [0, 0.1) is 12.8 Å². The summed E-state index contributed by atoms with van der Waals surface area (Å²) >= 11 is 0. The SMILES string of the molecule is COc1ccc(-c2ccc(=O)n3c2C2CC(CN(S(=O)(=O)c4ccc(C)cc4)C2)C3)cc1. The van der Waals surface area contributed by atoms with Gasteiger partial charge in [-0.25, -0.2) is 8.42 Å². The number of nitrogens with zero attached hydrogens (tertiary/aromatic N) is 2. The van der Waals surface area contributed by atoms with Crippen molar-refractivity contribution in [2.45, 2.75) is 30.7 Å². The number of aromatic nitrogens is 1. The number of benzene rings is 2. The van der Waals surface area contributed by atoms with Crippen molar-refractivity contribution in [3.8, 4) is 16.9 Å². The van der Waals surface area contributed by atoms with Crippen molar-refractivity contribution >= 4 is 10.0 Å². The highest BCUT2D eigenvalue weighted by atomic mass is 32.2. The van der Waals surface area contributed by atoms with Crippen LogP contribution in [-0.4, -0.2) is 37.5 Å². The first-order chi connectivity index (χ1) is 15.4. The summed E-state index contributed by atoms with van der Waals surface area (Å²) in [4.78, 5) is 13.0. The minimum Gasteiger partial charge on any atom is -0.497 e. The van der Waals surface area contributed by atoms with Crippen LogP contribution in [0.1, 0.15) is 23.6 Å². The average Bonchev–Trinajstić information content (AvgIpc) is 2.80. The molecule has 1 saturated heterocycles. The normalized spacial score (nSPS) is 20.6. The topological polar surface area (TPSA) is 68.6 Å². The molecule has 2 aliphatic heterocycles. The number of piperidine rings is 1. The second-order valence-electron chi connectivity index (χ2n) is 8.74. The summed E-state index contributed by atoms with van der Waals surface area (Å²) in [6, 6.07) is 18.3. The van der Waals surface area contributed by atoms with E-state index in [0.717, 1.165) is 34.6 Å². The molecule has 6 nitrogen and oxygen atoms in total. The molecule has 166 valence electrons. The fraction of sp³-hybridized carbons (Fsp3) is 0.320. The van der Waals surface area contributed by atoms with E-state index in [9.17, 15) is 13.2 Å². The van der Waals surface area contributed by atoms with Gasteiger partial charge >= 0.3 is 0 Å². The van der Waals surface area contributed by atoms with Gasteiger partial charge in [-0.3, -0.25) is 4.79 Å². The van der Waals surface area contributed by atoms with E-state index in [1.165, 1.54) is 0 Å². The Morgan fingerprint density at radius 3 is 2.31 bits per heavy atom. The zero-order valence-electron chi connectivity index (χ0n) is 18.2. The molecule has 0 saturated carbocycles. The van der Waals surface area contributed by atoms with Gasteiger partial charge in [0.05, 0.1) is 12.0 Å². The Bertz CT molecular complexity index is 1310. The summed E-state index contributed by atoms with van der Waals surface area (Å²) in [5, 5.41) is 0. The van der Waals surface area contributed by atoms with Gasteiger partial charge in [0, 0.05) is 42.9 Å². The molecule has 32 heavy (non-hydrogen) atoms. The Morgan fingerprint density at radius 2 is 1.62 bits per heavy atom. The van der Waals surface area contributed by atoms with E-state index in [2.05, 4.69) is 0 Å². The molecule has 2 aliphatic rings. The first kappa shape index (κ1) is 21.0. The number of fused-ring (bicyclic) bond motifs is 4. The van der Waals surface area contributed by atoms with Crippen LogP contribution in [0.4, 0.5) is 0 Å². The van der Waals surface area contributed by atoms with Gasteiger partial charge in [-0.05, 0) is 55.2 Å². The predicted molar refractivity (Wildman–Crippen MR) is 123 cm³/mol. The van der Waals surface area contributed by atoms with E-state index in [-0.39, 0.29) is 17.4 Å². The number of hydrogen-bond acceptors (Lipinski definition) is 4. The number of hydrogen-bond donors (Lipinski definition) is 0. The van der Waals surface area contributed by atoms with Crippen LogP contribution < -0.4 is 10.3 Å². The Kier molecular flexibility index (Phi) is 5.18. The molecule has 2 aromatic carbocycles. The number of methoxy groups -OCH3 is 1. The van der Waals surface area contributed by atoms with Crippen LogP contribution in [0.15, 0.2) is 70.4 Å². The maximum atomic E-state index is 13.4. The highest BCUT2D eigenvalue weighted by Gasteiger charge is 2.40. The summed E-state index contributed by atoms with van der Waals surface area (Å²) in [5.41, 5.74) is 3.90. The largest absolute Gasteiger partial charge is 0.497 e. The van der Waals surface area contributed by atoms with E-state index in [1.807, 2.05) is 54.0 Å². The van der Waals surface area contributed by atoms with E-state index in [4.69, 9.17) is 4.74 Å². The van der Waals surface area contributed by atoms with E-state index in [1.54, 1.807) is 29.6 Å². The minimum absolute atomic E-state index is 0.0261. The van der Waals surface area contributed by atoms with E-state index in [0.29, 0.717) is 24.5 Å². The number of rotatable bonds is 4. The van der Waals surface area contributed by atoms with Crippen LogP contribution in [0.2, 0.25) is 0 Å². The third kappa shape index (κ3) is 3.55. The lowest BCUT2D eigenvalue weighted by molar-refractivity contribution is 0.187. The standard InChI is InChI=1S/C25H26N2O4S/c1-17-3-9-22(10-4-17)32(29,30)26-14-18-13-20(16-26)25-23(11-12-24(28)27(25)15-18)19-5-7-21(31-2)8-6-19/h3-12,18,20H,13-16H2,1-2H3. The van der Waals surface area contributed by atoms with E-state index < -0.39 is 10.0 Å². The third-order valence-corrected chi connectivity index (χ3v) is 8.46. The van der Waals surface area contributed by atoms with Gasteiger partial charge in [-0.1, -0.05) is 29.8 Å².